The molecule has 2 atom stereocenters. The van der Waals surface area contributed by atoms with E-state index in [-0.39, 0.29) is 42.0 Å². The van der Waals surface area contributed by atoms with Gasteiger partial charge in [0.2, 0.25) is 0 Å². The number of benzene rings is 1. The second-order valence-corrected chi connectivity index (χ2v) is 7.71. The van der Waals surface area contributed by atoms with E-state index in [2.05, 4.69) is 15.2 Å². The molecule has 2 aliphatic heterocycles. The summed E-state index contributed by atoms with van der Waals surface area (Å²) in [4.78, 5) is 6.68. The van der Waals surface area contributed by atoms with E-state index in [0.29, 0.717) is 19.3 Å². The number of methoxy groups -OCH3 is 1. The van der Waals surface area contributed by atoms with Gasteiger partial charge in [0.1, 0.15) is 5.82 Å². The molecule has 2 unspecified atom stereocenters. The van der Waals surface area contributed by atoms with Crippen LogP contribution in [-0.4, -0.2) is 70.1 Å². The van der Waals surface area contributed by atoms with Gasteiger partial charge in [-0.1, -0.05) is 12.1 Å². The van der Waals surface area contributed by atoms with Crippen molar-refractivity contribution in [1.29, 1.82) is 0 Å². The lowest BCUT2D eigenvalue weighted by molar-refractivity contribution is -0.0721. The Balaban J connectivity index is 0.00000320. The molecule has 0 radical (unpaired) electrons. The Labute approximate surface area is 196 Å². The van der Waals surface area contributed by atoms with E-state index in [1.54, 1.807) is 26.3 Å². The van der Waals surface area contributed by atoms with E-state index in [4.69, 9.17) is 14.2 Å². The van der Waals surface area contributed by atoms with E-state index in [0.717, 1.165) is 50.5 Å². The number of hydrogen-bond acceptors (Lipinski definition) is 4. The molecular weight excluding hydrogens is 500 g/mol. The Morgan fingerprint density at radius 1 is 1.23 bits per heavy atom. The first-order chi connectivity index (χ1) is 14.2. The topological polar surface area (TPSA) is 55.3 Å². The molecule has 2 fully saturated rings. The minimum absolute atomic E-state index is 0. The molecule has 0 aliphatic carbocycles. The number of aliphatic imine (C=N–C) groups is 1. The molecule has 2 heterocycles. The number of guanidine groups is 1. The summed E-state index contributed by atoms with van der Waals surface area (Å²) in [6, 6.07) is 6.43. The van der Waals surface area contributed by atoms with Crippen LogP contribution in [0.1, 0.15) is 43.8 Å². The van der Waals surface area contributed by atoms with E-state index in [1.165, 1.54) is 25.0 Å². The number of nitrogens with one attached hydrogen (secondary N) is 1. The van der Waals surface area contributed by atoms with Gasteiger partial charge in [-0.15, -0.1) is 24.0 Å². The van der Waals surface area contributed by atoms with Crippen molar-refractivity contribution in [3.8, 4) is 0 Å². The number of likely N-dealkylation sites (tertiary alicyclic amines) is 1. The van der Waals surface area contributed by atoms with Crippen LogP contribution in [-0.2, 0) is 14.2 Å². The van der Waals surface area contributed by atoms with Gasteiger partial charge in [-0.25, -0.2) is 4.39 Å². The molecule has 0 aromatic heterocycles. The standard InChI is InChI=1S/C22H34FN3O3.HI/c1-24-22(25-15-21(27-2)17-6-8-18(23)9-7-17)26-12-10-19(11-13-26)29-16-20-5-3-4-14-28-20;/h6-9,19-21H,3-5,10-16H2,1-2H3,(H,24,25);1H. The lowest BCUT2D eigenvalue weighted by Crippen LogP contribution is -2.48. The summed E-state index contributed by atoms with van der Waals surface area (Å²) in [5.74, 6) is 0.621. The molecule has 3 rings (SSSR count). The van der Waals surface area contributed by atoms with E-state index in [1.807, 2.05) is 0 Å². The molecule has 170 valence electrons. The third-order valence-electron chi connectivity index (χ3n) is 5.72. The highest BCUT2D eigenvalue weighted by atomic mass is 127. The SMILES string of the molecule is CN=C(NCC(OC)c1ccc(F)cc1)N1CCC(OCC2CCCCO2)CC1.I. The van der Waals surface area contributed by atoms with Crippen LogP contribution in [0.2, 0.25) is 0 Å². The fraction of sp³-hybridized carbons (Fsp3) is 0.682. The van der Waals surface area contributed by atoms with Crippen molar-refractivity contribution in [3.63, 3.8) is 0 Å². The Bertz CT molecular complexity index is 633. The average Bonchev–Trinajstić information content (AvgIpc) is 2.77. The molecule has 2 saturated heterocycles. The van der Waals surface area contributed by atoms with Crippen molar-refractivity contribution in [1.82, 2.24) is 10.2 Å². The van der Waals surface area contributed by atoms with Gasteiger partial charge in [-0.3, -0.25) is 4.99 Å². The van der Waals surface area contributed by atoms with Crippen molar-refractivity contribution in [2.45, 2.75) is 50.4 Å². The molecule has 1 N–H and O–H groups in total. The lowest BCUT2D eigenvalue weighted by atomic mass is 10.1. The first kappa shape index (κ1) is 25.3. The zero-order valence-electron chi connectivity index (χ0n) is 18.0. The summed E-state index contributed by atoms with van der Waals surface area (Å²) in [6.45, 7) is 3.97. The van der Waals surface area contributed by atoms with Crippen LogP contribution in [0.15, 0.2) is 29.3 Å². The zero-order chi connectivity index (χ0) is 20.5. The Morgan fingerprint density at radius 2 is 1.97 bits per heavy atom. The minimum atomic E-state index is -0.243. The van der Waals surface area contributed by atoms with Crippen LogP contribution < -0.4 is 5.32 Å². The normalized spacial score (nSPS) is 21.8. The van der Waals surface area contributed by atoms with Crippen molar-refractivity contribution < 1.29 is 18.6 Å². The van der Waals surface area contributed by atoms with E-state index < -0.39 is 0 Å². The van der Waals surface area contributed by atoms with Crippen LogP contribution in [0.4, 0.5) is 4.39 Å². The van der Waals surface area contributed by atoms with Crippen LogP contribution in [0.25, 0.3) is 0 Å². The van der Waals surface area contributed by atoms with Gasteiger partial charge < -0.3 is 24.4 Å². The minimum Gasteiger partial charge on any atom is -0.376 e. The molecule has 8 heteroatoms. The largest absolute Gasteiger partial charge is 0.376 e. The zero-order valence-corrected chi connectivity index (χ0v) is 20.3. The van der Waals surface area contributed by atoms with Crippen LogP contribution in [0.5, 0.6) is 0 Å². The third kappa shape index (κ3) is 7.62. The molecule has 2 aliphatic rings. The summed E-state index contributed by atoms with van der Waals surface area (Å²) >= 11 is 0. The quantitative estimate of drug-likeness (QED) is 0.328. The van der Waals surface area contributed by atoms with E-state index in [9.17, 15) is 4.39 Å². The van der Waals surface area contributed by atoms with Gasteiger partial charge in [-0.05, 0) is 49.8 Å². The smallest absolute Gasteiger partial charge is 0.193 e. The molecule has 0 saturated carbocycles. The molecule has 0 amide bonds. The second-order valence-electron chi connectivity index (χ2n) is 7.71. The number of hydrogen-bond donors (Lipinski definition) is 1. The highest BCUT2D eigenvalue weighted by Crippen LogP contribution is 2.19. The van der Waals surface area contributed by atoms with Gasteiger partial charge in [0.05, 0.1) is 24.9 Å². The average molecular weight is 535 g/mol. The molecular formula is C22H35FIN3O3. The Morgan fingerprint density at radius 3 is 2.57 bits per heavy atom. The predicted molar refractivity (Wildman–Crippen MR) is 127 cm³/mol. The number of ether oxygens (including phenoxy) is 3. The van der Waals surface area contributed by atoms with Crippen molar-refractivity contribution in [3.05, 3.63) is 35.6 Å². The second kappa shape index (κ2) is 13.4. The maximum absolute atomic E-state index is 13.2. The number of rotatable bonds is 7. The highest BCUT2D eigenvalue weighted by Gasteiger charge is 2.24. The van der Waals surface area contributed by atoms with Crippen LogP contribution in [0, 0.1) is 5.82 Å². The predicted octanol–water partition coefficient (Wildman–Crippen LogP) is 3.76. The molecule has 1 aromatic carbocycles. The fourth-order valence-electron chi connectivity index (χ4n) is 3.95. The number of nitrogens with zero attached hydrogens (tertiary/aromatic N) is 2. The summed E-state index contributed by atoms with van der Waals surface area (Å²) in [5.41, 5.74) is 0.939. The fourth-order valence-corrected chi connectivity index (χ4v) is 3.95. The van der Waals surface area contributed by atoms with Crippen molar-refractivity contribution >= 4 is 29.9 Å². The van der Waals surface area contributed by atoms with Gasteiger partial charge >= 0.3 is 0 Å². The van der Waals surface area contributed by atoms with Gasteiger partial charge in [0.25, 0.3) is 0 Å². The van der Waals surface area contributed by atoms with Gasteiger partial charge in [0, 0.05) is 40.4 Å². The Hall–Kier alpha value is -0.970. The number of halogens is 2. The van der Waals surface area contributed by atoms with Crippen molar-refractivity contribution in [2.24, 2.45) is 4.99 Å². The molecule has 30 heavy (non-hydrogen) atoms. The summed E-state index contributed by atoms with van der Waals surface area (Å²) in [7, 11) is 3.46. The maximum atomic E-state index is 13.2. The molecule has 0 bridgehead atoms. The molecule has 0 spiro atoms. The summed E-state index contributed by atoms with van der Waals surface area (Å²) in [6.07, 6.45) is 5.90. The Kier molecular flexibility index (Phi) is 11.3. The lowest BCUT2D eigenvalue weighted by Gasteiger charge is -2.35. The monoisotopic (exact) mass is 535 g/mol. The molecule has 6 nitrogen and oxygen atoms in total. The number of piperidine rings is 1. The van der Waals surface area contributed by atoms with Gasteiger partial charge in [-0.2, -0.15) is 0 Å². The third-order valence-corrected chi connectivity index (χ3v) is 5.72. The van der Waals surface area contributed by atoms with Crippen LogP contribution >= 0.6 is 24.0 Å². The summed E-state index contributed by atoms with van der Waals surface area (Å²) < 4.78 is 30.6. The first-order valence-corrected chi connectivity index (χ1v) is 10.7. The maximum Gasteiger partial charge on any atom is 0.193 e. The highest BCUT2D eigenvalue weighted by molar-refractivity contribution is 14.0. The molecule has 1 aromatic rings. The first-order valence-electron chi connectivity index (χ1n) is 10.7. The van der Waals surface area contributed by atoms with E-state index >= 15 is 0 Å². The summed E-state index contributed by atoms with van der Waals surface area (Å²) in [5, 5.41) is 3.40. The van der Waals surface area contributed by atoms with Crippen molar-refractivity contribution in [2.75, 3.05) is 47.0 Å². The van der Waals surface area contributed by atoms with Crippen LogP contribution in [0.3, 0.4) is 0 Å². The van der Waals surface area contributed by atoms with Gasteiger partial charge in [0.15, 0.2) is 5.96 Å².